The lowest BCUT2D eigenvalue weighted by Crippen LogP contribution is -2.31. The van der Waals surface area contributed by atoms with Gasteiger partial charge in [0.15, 0.2) is 0 Å². The lowest BCUT2D eigenvalue weighted by Gasteiger charge is -2.11. The molecule has 1 N–H and O–H groups in total. The second-order valence-electron chi connectivity index (χ2n) is 3.07. The topological polar surface area (TPSA) is 58.6 Å². The maximum atomic E-state index is 11.7. The molecule has 1 aliphatic rings. The molecule has 3 amide bonds. The van der Waals surface area contributed by atoms with E-state index < -0.39 is 18.2 Å². The van der Waals surface area contributed by atoms with Gasteiger partial charge in [-0.15, -0.1) is 0 Å². The van der Waals surface area contributed by atoms with E-state index in [-0.39, 0.29) is 0 Å². The highest BCUT2D eigenvalue weighted by atomic mass is 16.5. The van der Waals surface area contributed by atoms with Crippen LogP contribution in [0.25, 0.3) is 0 Å². The normalized spacial score (nSPS) is 20.6. The predicted octanol–water partition coefficient (Wildman–Crippen LogP) is 0.715. The zero-order chi connectivity index (χ0) is 10.8. The van der Waals surface area contributed by atoms with Gasteiger partial charge in [-0.2, -0.15) is 0 Å². The molecule has 0 radical (unpaired) electrons. The van der Waals surface area contributed by atoms with Crippen molar-refractivity contribution in [1.29, 1.82) is 0 Å². The molecule has 1 aromatic carbocycles. The third-order valence-electron chi connectivity index (χ3n) is 2.15. The second-order valence-corrected chi connectivity index (χ2v) is 3.07. The number of rotatable bonds is 2. The van der Waals surface area contributed by atoms with Crippen molar-refractivity contribution in [3.05, 3.63) is 30.3 Å². The molecular formula is C10H10N2O3. The summed E-state index contributed by atoms with van der Waals surface area (Å²) in [5, 5.41) is 2.42. The molecule has 1 aliphatic heterocycles. The highest BCUT2D eigenvalue weighted by Gasteiger charge is 2.38. The van der Waals surface area contributed by atoms with Crippen LogP contribution in [-0.2, 0) is 9.53 Å². The van der Waals surface area contributed by atoms with Gasteiger partial charge in [-0.05, 0) is 12.1 Å². The Balaban J connectivity index is 2.31. The van der Waals surface area contributed by atoms with Crippen LogP contribution < -0.4 is 10.2 Å². The fraction of sp³-hybridized carbons (Fsp3) is 0.200. The molecule has 0 saturated carbocycles. The molecule has 2 rings (SSSR count). The zero-order valence-electron chi connectivity index (χ0n) is 8.14. The van der Waals surface area contributed by atoms with Gasteiger partial charge < -0.3 is 10.1 Å². The average Bonchev–Trinajstić information content (AvgIpc) is 2.55. The van der Waals surface area contributed by atoms with Crippen molar-refractivity contribution < 1.29 is 14.3 Å². The molecule has 1 unspecified atom stereocenters. The second kappa shape index (κ2) is 3.70. The van der Waals surface area contributed by atoms with E-state index in [0.29, 0.717) is 5.69 Å². The van der Waals surface area contributed by atoms with Crippen LogP contribution in [0, 0.1) is 0 Å². The van der Waals surface area contributed by atoms with E-state index in [0.717, 1.165) is 4.90 Å². The van der Waals surface area contributed by atoms with E-state index >= 15 is 0 Å². The number of ether oxygens (including phenoxy) is 1. The minimum Gasteiger partial charge on any atom is -0.353 e. The fourth-order valence-corrected chi connectivity index (χ4v) is 1.44. The van der Waals surface area contributed by atoms with Gasteiger partial charge in [0.2, 0.25) is 6.23 Å². The summed E-state index contributed by atoms with van der Waals surface area (Å²) < 4.78 is 4.82. The third-order valence-corrected chi connectivity index (χ3v) is 2.15. The highest BCUT2D eigenvalue weighted by molar-refractivity contribution is 6.20. The van der Waals surface area contributed by atoms with Crippen molar-refractivity contribution in [2.24, 2.45) is 0 Å². The number of anilines is 1. The van der Waals surface area contributed by atoms with E-state index in [1.165, 1.54) is 7.11 Å². The molecule has 1 heterocycles. The number of hydrogen-bond donors (Lipinski definition) is 1. The van der Waals surface area contributed by atoms with Gasteiger partial charge in [0.05, 0.1) is 5.69 Å². The molecule has 1 fully saturated rings. The summed E-state index contributed by atoms with van der Waals surface area (Å²) in [6, 6.07) is 8.25. The summed E-state index contributed by atoms with van der Waals surface area (Å²) in [7, 11) is 1.37. The van der Waals surface area contributed by atoms with Gasteiger partial charge >= 0.3 is 6.03 Å². The number of methoxy groups -OCH3 is 1. The van der Waals surface area contributed by atoms with Crippen molar-refractivity contribution in [1.82, 2.24) is 5.32 Å². The van der Waals surface area contributed by atoms with Crippen molar-refractivity contribution in [2.45, 2.75) is 6.23 Å². The quantitative estimate of drug-likeness (QED) is 0.725. The molecule has 0 aliphatic carbocycles. The van der Waals surface area contributed by atoms with Crippen LogP contribution in [0.15, 0.2) is 30.3 Å². The number of nitrogens with one attached hydrogen (secondary N) is 1. The number of nitrogens with zero attached hydrogens (tertiary/aromatic N) is 1. The lowest BCUT2D eigenvalue weighted by molar-refractivity contribution is -0.126. The molecular weight excluding hydrogens is 196 g/mol. The lowest BCUT2D eigenvalue weighted by atomic mass is 10.3. The Kier molecular flexibility index (Phi) is 2.39. The van der Waals surface area contributed by atoms with Gasteiger partial charge in [0.1, 0.15) is 0 Å². The van der Waals surface area contributed by atoms with E-state index in [1.54, 1.807) is 24.3 Å². The van der Waals surface area contributed by atoms with E-state index in [2.05, 4.69) is 5.32 Å². The number of hydrogen-bond acceptors (Lipinski definition) is 3. The van der Waals surface area contributed by atoms with Crippen LogP contribution in [0.4, 0.5) is 10.5 Å². The Labute approximate surface area is 86.6 Å². The van der Waals surface area contributed by atoms with Crippen molar-refractivity contribution in [3.63, 3.8) is 0 Å². The Morgan fingerprint density at radius 2 is 1.93 bits per heavy atom. The van der Waals surface area contributed by atoms with Gasteiger partial charge in [0, 0.05) is 7.11 Å². The number of imide groups is 1. The first-order valence-electron chi connectivity index (χ1n) is 4.46. The number of benzene rings is 1. The molecule has 5 heteroatoms. The maximum absolute atomic E-state index is 11.7. The standard InChI is InChI=1S/C10H10N2O3/c1-15-8-9(13)12(10(14)11-8)7-5-3-2-4-6-7/h2-6,8H,1H3,(H,11,14). The Morgan fingerprint density at radius 1 is 1.27 bits per heavy atom. The zero-order valence-corrected chi connectivity index (χ0v) is 8.14. The molecule has 78 valence electrons. The molecule has 1 atom stereocenters. The van der Waals surface area contributed by atoms with E-state index in [9.17, 15) is 9.59 Å². The van der Waals surface area contributed by atoms with Crippen LogP contribution in [0.2, 0.25) is 0 Å². The van der Waals surface area contributed by atoms with E-state index in [1.807, 2.05) is 6.07 Å². The summed E-state index contributed by atoms with van der Waals surface area (Å²) in [4.78, 5) is 24.2. The monoisotopic (exact) mass is 206 g/mol. The Hall–Kier alpha value is -1.88. The Bertz CT molecular complexity index is 391. The van der Waals surface area contributed by atoms with Crippen molar-refractivity contribution in [3.8, 4) is 0 Å². The van der Waals surface area contributed by atoms with Crippen molar-refractivity contribution in [2.75, 3.05) is 12.0 Å². The molecule has 0 spiro atoms. The molecule has 1 saturated heterocycles. The summed E-state index contributed by atoms with van der Waals surface area (Å²) >= 11 is 0. The summed E-state index contributed by atoms with van der Waals surface area (Å²) in [6.07, 6.45) is -0.877. The minimum atomic E-state index is -0.877. The van der Waals surface area contributed by atoms with Crippen LogP contribution in [0.3, 0.4) is 0 Å². The molecule has 0 bridgehead atoms. The number of urea groups is 1. The molecule has 5 nitrogen and oxygen atoms in total. The van der Waals surface area contributed by atoms with Crippen molar-refractivity contribution >= 4 is 17.6 Å². The molecule has 1 aromatic rings. The first kappa shape index (κ1) is 9.67. The van der Waals surface area contributed by atoms with Gasteiger partial charge in [0.25, 0.3) is 5.91 Å². The summed E-state index contributed by atoms with van der Waals surface area (Å²) in [5.41, 5.74) is 0.541. The Morgan fingerprint density at radius 3 is 2.47 bits per heavy atom. The van der Waals surface area contributed by atoms with Gasteiger partial charge in [-0.1, -0.05) is 18.2 Å². The van der Waals surface area contributed by atoms with E-state index in [4.69, 9.17) is 4.74 Å². The molecule has 15 heavy (non-hydrogen) atoms. The largest absolute Gasteiger partial charge is 0.353 e. The highest BCUT2D eigenvalue weighted by Crippen LogP contribution is 2.18. The predicted molar refractivity (Wildman–Crippen MR) is 53.3 cm³/mol. The van der Waals surface area contributed by atoms with Gasteiger partial charge in [-0.25, -0.2) is 9.69 Å². The first-order valence-corrected chi connectivity index (χ1v) is 4.46. The summed E-state index contributed by atoms with van der Waals surface area (Å²) in [6.45, 7) is 0. The fourth-order valence-electron chi connectivity index (χ4n) is 1.44. The first-order chi connectivity index (χ1) is 7.24. The number of para-hydroxylation sites is 1. The van der Waals surface area contributed by atoms with Crippen LogP contribution in [0.1, 0.15) is 0 Å². The van der Waals surface area contributed by atoms with Crippen LogP contribution in [0.5, 0.6) is 0 Å². The average molecular weight is 206 g/mol. The smallest absolute Gasteiger partial charge is 0.331 e. The summed E-state index contributed by atoms with van der Waals surface area (Å²) in [5.74, 6) is -0.395. The van der Waals surface area contributed by atoms with Crippen LogP contribution >= 0.6 is 0 Å². The minimum absolute atomic E-state index is 0.395. The third kappa shape index (κ3) is 1.57. The number of carbonyl (C=O) groups excluding carboxylic acids is 2. The maximum Gasteiger partial charge on any atom is 0.331 e. The van der Waals surface area contributed by atoms with Gasteiger partial charge in [-0.3, -0.25) is 4.79 Å². The van der Waals surface area contributed by atoms with Crippen LogP contribution in [-0.4, -0.2) is 25.3 Å². The SMILES string of the molecule is COC1NC(=O)N(c2ccccc2)C1=O. The number of carbonyl (C=O) groups is 2. The molecule has 0 aromatic heterocycles. The number of amides is 3.